The van der Waals surface area contributed by atoms with Crippen molar-refractivity contribution >= 4 is 29.7 Å². The normalized spacial score (nSPS) is 10.6. The molecule has 4 aromatic carbocycles. The zero-order valence-corrected chi connectivity index (χ0v) is 20.6. The van der Waals surface area contributed by atoms with Crippen LogP contribution in [-0.4, -0.2) is 30.6 Å². The molecule has 0 spiro atoms. The van der Waals surface area contributed by atoms with E-state index >= 15 is 0 Å². The number of ether oxygens (including phenoxy) is 2. The molecule has 190 valence electrons. The fraction of sp³-hybridized carbons (Fsp3) is 0.0667. The summed E-state index contributed by atoms with van der Waals surface area (Å²) in [6, 6.07) is 29.2. The number of hydrogen-bond donors (Lipinski definition) is 2. The summed E-state index contributed by atoms with van der Waals surface area (Å²) in [5.41, 5.74) is 5.52. The van der Waals surface area contributed by atoms with Gasteiger partial charge in [-0.05, 0) is 66.6 Å². The summed E-state index contributed by atoms with van der Waals surface area (Å²) >= 11 is 0. The van der Waals surface area contributed by atoms with Crippen LogP contribution in [0.2, 0.25) is 0 Å². The largest absolute Gasteiger partial charge is 0.419 e. The molecule has 4 aromatic rings. The van der Waals surface area contributed by atoms with Gasteiger partial charge in [-0.3, -0.25) is 4.79 Å². The smallest absolute Gasteiger partial charge is 0.343 e. The van der Waals surface area contributed by atoms with Crippen molar-refractivity contribution in [3.05, 3.63) is 125 Å². The summed E-state index contributed by atoms with van der Waals surface area (Å²) in [6.07, 6.45) is 1.40. The predicted molar refractivity (Wildman–Crippen MR) is 145 cm³/mol. The Balaban J connectivity index is 1.46. The molecule has 0 saturated heterocycles. The van der Waals surface area contributed by atoms with Crippen molar-refractivity contribution in [2.75, 3.05) is 11.9 Å². The van der Waals surface area contributed by atoms with E-state index in [2.05, 4.69) is 15.8 Å². The minimum atomic E-state index is -0.618. The monoisotopic (exact) mass is 507 g/mol. The molecule has 0 unspecified atom stereocenters. The van der Waals surface area contributed by atoms with E-state index in [0.717, 1.165) is 11.3 Å². The fourth-order valence-corrected chi connectivity index (χ4v) is 3.40. The summed E-state index contributed by atoms with van der Waals surface area (Å²) < 4.78 is 11.1. The zero-order valence-electron chi connectivity index (χ0n) is 20.6. The second-order valence-electron chi connectivity index (χ2n) is 8.18. The number of amides is 1. The highest BCUT2D eigenvalue weighted by atomic mass is 16.6. The van der Waals surface area contributed by atoms with Gasteiger partial charge in [0.15, 0.2) is 11.5 Å². The van der Waals surface area contributed by atoms with Gasteiger partial charge in [0, 0.05) is 5.69 Å². The molecule has 38 heavy (non-hydrogen) atoms. The predicted octanol–water partition coefficient (Wildman–Crippen LogP) is 5.00. The molecule has 0 radical (unpaired) electrons. The first-order valence-electron chi connectivity index (χ1n) is 11.8. The highest BCUT2D eigenvalue weighted by Gasteiger charge is 2.17. The summed E-state index contributed by atoms with van der Waals surface area (Å²) in [7, 11) is 0. The lowest BCUT2D eigenvalue weighted by Gasteiger charge is -2.11. The number of para-hydroxylation sites is 1. The maximum atomic E-state index is 12.7. The second-order valence-corrected chi connectivity index (χ2v) is 8.18. The lowest BCUT2D eigenvalue weighted by atomic mass is 10.2. The van der Waals surface area contributed by atoms with Crippen molar-refractivity contribution in [2.45, 2.75) is 6.92 Å². The van der Waals surface area contributed by atoms with Crippen LogP contribution in [0.25, 0.3) is 0 Å². The highest BCUT2D eigenvalue weighted by molar-refractivity contribution is 5.94. The van der Waals surface area contributed by atoms with E-state index in [1.807, 2.05) is 31.2 Å². The van der Waals surface area contributed by atoms with Crippen LogP contribution in [-0.2, 0) is 4.79 Å². The second kappa shape index (κ2) is 12.6. The Bertz CT molecular complexity index is 1450. The molecule has 0 aromatic heterocycles. The molecule has 0 fully saturated rings. The van der Waals surface area contributed by atoms with Gasteiger partial charge in [-0.15, -0.1) is 0 Å². The van der Waals surface area contributed by atoms with E-state index in [1.165, 1.54) is 18.3 Å². The van der Waals surface area contributed by atoms with Gasteiger partial charge in [0.1, 0.15) is 0 Å². The summed E-state index contributed by atoms with van der Waals surface area (Å²) in [5.74, 6) is -1.47. The third-order valence-corrected chi connectivity index (χ3v) is 5.38. The molecule has 0 aliphatic carbocycles. The minimum absolute atomic E-state index is 0.0274. The van der Waals surface area contributed by atoms with Crippen LogP contribution in [0, 0.1) is 6.92 Å². The average Bonchev–Trinajstić information content (AvgIpc) is 2.95. The van der Waals surface area contributed by atoms with Crippen LogP contribution in [0.4, 0.5) is 5.69 Å². The van der Waals surface area contributed by atoms with Crippen molar-refractivity contribution in [2.24, 2.45) is 5.10 Å². The quantitative estimate of drug-likeness (QED) is 0.143. The van der Waals surface area contributed by atoms with Crippen LogP contribution in [0.5, 0.6) is 11.5 Å². The number of benzene rings is 4. The van der Waals surface area contributed by atoms with Crippen molar-refractivity contribution in [3.8, 4) is 11.5 Å². The number of nitrogens with zero attached hydrogens (tertiary/aromatic N) is 1. The van der Waals surface area contributed by atoms with E-state index < -0.39 is 11.9 Å². The molecule has 2 N–H and O–H groups in total. The molecular weight excluding hydrogens is 482 g/mol. The van der Waals surface area contributed by atoms with Gasteiger partial charge in [0.05, 0.1) is 23.9 Å². The third-order valence-electron chi connectivity index (χ3n) is 5.38. The molecular formula is C30H25N3O5. The Kier molecular flexibility index (Phi) is 8.60. The number of aryl methyl sites for hydroxylation is 1. The zero-order chi connectivity index (χ0) is 26.7. The van der Waals surface area contributed by atoms with Gasteiger partial charge >= 0.3 is 11.9 Å². The van der Waals surface area contributed by atoms with Crippen LogP contribution in [0.3, 0.4) is 0 Å². The summed E-state index contributed by atoms with van der Waals surface area (Å²) in [4.78, 5) is 37.5. The van der Waals surface area contributed by atoms with E-state index in [-0.39, 0.29) is 24.0 Å². The van der Waals surface area contributed by atoms with Crippen LogP contribution >= 0.6 is 0 Å². The fourth-order valence-electron chi connectivity index (χ4n) is 3.40. The molecule has 0 bridgehead atoms. The molecule has 1 amide bonds. The molecule has 8 heteroatoms. The molecule has 0 aliphatic heterocycles. The Morgan fingerprint density at radius 2 is 1.32 bits per heavy atom. The van der Waals surface area contributed by atoms with Crippen molar-refractivity contribution in [3.63, 3.8) is 0 Å². The van der Waals surface area contributed by atoms with E-state index in [4.69, 9.17) is 9.47 Å². The maximum Gasteiger partial charge on any atom is 0.343 e. The Morgan fingerprint density at radius 1 is 0.737 bits per heavy atom. The van der Waals surface area contributed by atoms with Gasteiger partial charge in [0.25, 0.3) is 5.91 Å². The van der Waals surface area contributed by atoms with Crippen molar-refractivity contribution < 1.29 is 23.9 Å². The molecule has 8 nitrogen and oxygen atoms in total. The topological polar surface area (TPSA) is 106 Å². The molecule has 4 rings (SSSR count). The number of nitrogens with one attached hydrogen (secondary N) is 2. The number of rotatable bonds is 9. The molecule has 0 saturated carbocycles. The first kappa shape index (κ1) is 25.8. The Morgan fingerprint density at radius 3 is 1.95 bits per heavy atom. The van der Waals surface area contributed by atoms with Gasteiger partial charge in [0.2, 0.25) is 0 Å². The Labute approximate surface area is 219 Å². The number of hydrazone groups is 1. The summed E-state index contributed by atoms with van der Waals surface area (Å²) in [6.45, 7) is 1.98. The average molecular weight is 508 g/mol. The Hall–Kier alpha value is -5.24. The van der Waals surface area contributed by atoms with Crippen LogP contribution in [0.15, 0.2) is 108 Å². The first-order valence-corrected chi connectivity index (χ1v) is 11.8. The first-order chi connectivity index (χ1) is 18.5. The number of hydrogen-bond acceptors (Lipinski definition) is 7. The number of esters is 2. The van der Waals surface area contributed by atoms with Crippen molar-refractivity contribution in [1.82, 2.24) is 5.43 Å². The highest BCUT2D eigenvalue weighted by Crippen LogP contribution is 2.30. The molecule has 0 aliphatic rings. The number of carbonyl (C=O) groups excluding carboxylic acids is 3. The van der Waals surface area contributed by atoms with Gasteiger partial charge < -0.3 is 14.8 Å². The van der Waals surface area contributed by atoms with Crippen LogP contribution < -0.4 is 20.2 Å². The summed E-state index contributed by atoms with van der Waals surface area (Å²) in [5, 5.41) is 7.03. The minimum Gasteiger partial charge on any atom is -0.419 e. The lowest BCUT2D eigenvalue weighted by molar-refractivity contribution is -0.119. The number of anilines is 1. The SMILES string of the molecule is Cc1ccccc1NCC(=O)N/N=C\c1ccc(OC(=O)c2ccccc2)c(OC(=O)c2ccccc2)c1. The van der Waals surface area contributed by atoms with Crippen molar-refractivity contribution in [1.29, 1.82) is 0 Å². The van der Waals surface area contributed by atoms with Crippen LogP contribution in [0.1, 0.15) is 31.8 Å². The third kappa shape index (κ3) is 7.14. The van der Waals surface area contributed by atoms with E-state index in [0.29, 0.717) is 16.7 Å². The van der Waals surface area contributed by atoms with Gasteiger partial charge in [-0.25, -0.2) is 15.0 Å². The number of carbonyl (C=O) groups is 3. The van der Waals surface area contributed by atoms with Gasteiger partial charge in [-0.2, -0.15) is 5.10 Å². The standard InChI is InChI=1S/C30H25N3O5/c1-21-10-8-9-15-25(21)31-20-28(34)33-32-19-22-16-17-26(37-29(35)23-11-4-2-5-12-23)27(18-22)38-30(36)24-13-6-3-7-14-24/h2-19,31H,20H2,1H3,(H,33,34)/b32-19-. The maximum absolute atomic E-state index is 12.7. The molecule has 0 atom stereocenters. The van der Waals surface area contributed by atoms with E-state index in [1.54, 1.807) is 66.7 Å². The van der Waals surface area contributed by atoms with E-state index in [9.17, 15) is 14.4 Å². The molecule has 0 heterocycles. The van der Waals surface area contributed by atoms with Gasteiger partial charge in [-0.1, -0.05) is 54.6 Å². The lowest BCUT2D eigenvalue weighted by Crippen LogP contribution is -2.26.